The maximum Gasteiger partial charge on any atom is 0.696 e. The topological polar surface area (TPSA) is 12.4 Å². The van der Waals surface area contributed by atoms with E-state index in [1.807, 2.05) is 0 Å². The van der Waals surface area contributed by atoms with Gasteiger partial charge in [0.1, 0.15) is 0 Å². The molecule has 0 bridgehead atoms. The number of nitrogens with zero attached hydrogens (tertiary/aromatic N) is 1. The van der Waals surface area contributed by atoms with Crippen LogP contribution in [-0.4, -0.2) is 0 Å². The SMILES string of the molecule is FP(F)(F)=N[P+](F)(F)F. The summed E-state index contributed by atoms with van der Waals surface area (Å²) in [7, 11) is -13.0. The highest BCUT2D eigenvalue weighted by atomic mass is 31.3. The Bertz CT molecular complexity index is 129. The molecule has 0 fully saturated rings. The Morgan fingerprint density at radius 1 is 1.00 bits per heavy atom. The zero-order chi connectivity index (χ0) is 7.71. The van der Waals surface area contributed by atoms with Crippen LogP contribution in [-0.2, 0) is 0 Å². The fraction of sp³-hybridized carbons (Fsp3) is 0. The molecule has 0 atom stereocenters. The molecule has 0 saturated heterocycles. The van der Waals surface area contributed by atoms with Gasteiger partial charge in [0.25, 0.3) is 0 Å². The summed E-state index contributed by atoms with van der Waals surface area (Å²) in [5.74, 6) is 0. The highest BCUT2D eigenvalue weighted by molar-refractivity contribution is 7.67. The third-order valence-electron chi connectivity index (χ3n) is 0.203. The molecule has 1 nitrogen and oxygen atoms in total. The highest BCUT2D eigenvalue weighted by Gasteiger charge is 2.48. The van der Waals surface area contributed by atoms with Crippen LogP contribution in [0.15, 0.2) is 4.52 Å². The number of rotatable bonds is 1. The van der Waals surface area contributed by atoms with Crippen LogP contribution in [0.2, 0.25) is 0 Å². The van der Waals surface area contributed by atoms with E-state index in [1.54, 1.807) is 0 Å². The second-order valence-corrected chi connectivity index (χ2v) is 3.32. The van der Waals surface area contributed by atoms with Crippen molar-refractivity contribution in [2.24, 2.45) is 4.52 Å². The number of hydrogen-bond donors (Lipinski definition) is 0. The van der Waals surface area contributed by atoms with Crippen molar-refractivity contribution in [1.29, 1.82) is 0 Å². The summed E-state index contributed by atoms with van der Waals surface area (Å²) in [6.07, 6.45) is 0. The summed E-state index contributed by atoms with van der Waals surface area (Å²) in [5.41, 5.74) is 0. The van der Waals surface area contributed by atoms with Gasteiger partial charge >= 0.3 is 16.3 Å². The van der Waals surface area contributed by atoms with Crippen molar-refractivity contribution < 1.29 is 25.2 Å². The van der Waals surface area contributed by atoms with Gasteiger partial charge in [0.05, 0.1) is 17.1 Å². The van der Waals surface area contributed by atoms with Gasteiger partial charge in [0.15, 0.2) is 0 Å². The standard InChI is InChI=1S/F6NP2/c1-8(2,3)7-9(4,5)6/q+1. The lowest BCUT2D eigenvalue weighted by atomic mass is 13.9. The van der Waals surface area contributed by atoms with E-state index in [2.05, 4.69) is 0 Å². The highest BCUT2D eigenvalue weighted by Crippen LogP contribution is 2.75. The lowest BCUT2D eigenvalue weighted by Crippen LogP contribution is -1.54. The van der Waals surface area contributed by atoms with E-state index in [9.17, 15) is 25.2 Å². The van der Waals surface area contributed by atoms with Crippen LogP contribution in [0, 0.1) is 0 Å². The van der Waals surface area contributed by atoms with E-state index in [4.69, 9.17) is 0 Å². The average molecular weight is 190 g/mol. The van der Waals surface area contributed by atoms with E-state index in [-0.39, 0.29) is 0 Å². The van der Waals surface area contributed by atoms with Gasteiger partial charge in [-0.1, -0.05) is 0 Å². The lowest BCUT2D eigenvalue weighted by molar-refractivity contribution is 0.571. The van der Waals surface area contributed by atoms with Crippen molar-refractivity contribution in [3.63, 3.8) is 0 Å². The summed E-state index contributed by atoms with van der Waals surface area (Å²) in [4.78, 5) is 0. The monoisotopic (exact) mass is 190 g/mol. The Morgan fingerprint density at radius 3 is 1.33 bits per heavy atom. The van der Waals surface area contributed by atoms with E-state index in [0.29, 0.717) is 0 Å². The maximum atomic E-state index is 10.8. The fourth-order valence-corrected chi connectivity index (χ4v) is 1.03. The zero-order valence-electron chi connectivity index (χ0n) is 3.61. The van der Waals surface area contributed by atoms with Crippen molar-refractivity contribution in [3.8, 4) is 0 Å². The Kier molecular flexibility index (Phi) is 2.53. The van der Waals surface area contributed by atoms with Gasteiger partial charge in [-0.05, 0) is 0 Å². The molecule has 0 aromatic rings. The summed E-state index contributed by atoms with van der Waals surface area (Å²) in [6, 6.07) is 0. The summed E-state index contributed by atoms with van der Waals surface area (Å²) >= 11 is 0. The normalized spacial score (nSPS) is 13.6. The van der Waals surface area contributed by atoms with Crippen molar-refractivity contribution in [1.82, 2.24) is 0 Å². The fourth-order valence-electron chi connectivity index (χ4n) is 0.115. The van der Waals surface area contributed by atoms with Gasteiger partial charge in [-0.3, -0.25) is 0 Å². The molecule has 0 aromatic carbocycles. The smallest absolute Gasteiger partial charge is 0.140 e. The number of halogens is 6. The van der Waals surface area contributed by atoms with Crippen LogP contribution in [0.3, 0.4) is 0 Å². The Hall–Kier alpha value is 0.240. The zero-order valence-corrected chi connectivity index (χ0v) is 5.40. The van der Waals surface area contributed by atoms with Crippen molar-refractivity contribution in [3.05, 3.63) is 0 Å². The Morgan fingerprint density at radius 2 is 1.33 bits per heavy atom. The quantitative estimate of drug-likeness (QED) is 0.428. The molecule has 0 aliphatic rings. The first-order valence-corrected chi connectivity index (χ1v) is 4.24. The number of hydrogen-bond acceptors (Lipinski definition) is 1. The minimum atomic E-state index is -6.49. The van der Waals surface area contributed by atoms with E-state index in [1.165, 1.54) is 0 Å². The molecule has 0 radical (unpaired) electrons. The van der Waals surface area contributed by atoms with Crippen LogP contribution in [0.5, 0.6) is 0 Å². The van der Waals surface area contributed by atoms with Gasteiger partial charge in [-0.25, -0.2) is 0 Å². The molecule has 0 unspecified atom stereocenters. The summed E-state index contributed by atoms with van der Waals surface area (Å²) < 4.78 is 65.6. The van der Waals surface area contributed by atoms with Crippen LogP contribution < -0.4 is 0 Å². The minimum Gasteiger partial charge on any atom is -0.140 e. The van der Waals surface area contributed by atoms with Gasteiger partial charge in [-0.2, -0.15) is 0 Å². The predicted octanol–water partition coefficient (Wildman–Crippen LogP) is 4.43. The molecule has 0 spiro atoms. The molecule has 0 aliphatic heterocycles. The van der Waals surface area contributed by atoms with E-state index >= 15 is 0 Å². The van der Waals surface area contributed by atoms with Crippen LogP contribution in [0.4, 0.5) is 25.2 Å². The minimum absolute atomic E-state index is 0.764. The first-order chi connectivity index (χ1) is 3.71. The van der Waals surface area contributed by atoms with Crippen LogP contribution >= 0.6 is 16.3 Å². The molecule has 0 N–H and O–H groups in total. The third-order valence-corrected chi connectivity index (χ3v) is 1.83. The molecule has 0 rings (SSSR count). The second kappa shape index (κ2) is 2.46. The molecular weight excluding hydrogens is 190 g/mol. The first-order valence-electron chi connectivity index (χ1n) is 1.41. The average Bonchev–Trinajstić information content (AvgIpc) is 1.14. The molecule has 0 aliphatic carbocycles. The predicted molar refractivity (Wildman–Crippen MR) is 22.9 cm³/mol. The van der Waals surface area contributed by atoms with Gasteiger partial charge in [0, 0.05) is 0 Å². The molecule has 0 heterocycles. The van der Waals surface area contributed by atoms with Gasteiger partial charge < -0.3 is 0 Å². The Balaban J connectivity index is 4.32. The van der Waals surface area contributed by atoms with Crippen LogP contribution in [0.1, 0.15) is 0 Å². The van der Waals surface area contributed by atoms with Gasteiger partial charge in [-0.15, -0.1) is 12.6 Å². The van der Waals surface area contributed by atoms with E-state index < -0.39 is 16.3 Å². The molecular formula is F6NP2+. The first kappa shape index (κ1) is 9.24. The van der Waals surface area contributed by atoms with E-state index in [0.717, 1.165) is 4.52 Å². The van der Waals surface area contributed by atoms with Crippen molar-refractivity contribution >= 4 is 16.3 Å². The Labute approximate surface area is 47.2 Å². The summed E-state index contributed by atoms with van der Waals surface area (Å²) in [6.45, 7) is 0. The summed E-state index contributed by atoms with van der Waals surface area (Å²) in [5, 5.41) is 0. The largest absolute Gasteiger partial charge is 0.696 e. The molecule has 9 heavy (non-hydrogen) atoms. The second-order valence-electron chi connectivity index (χ2n) is 0.926. The lowest BCUT2D eigenvalue weighted by Gasteiger charge is -1.84. The molecule has 56 valence electrons. The third kappa shape index (κ3) is 8.24. The van der Waals surface area contributed by atoms with Crippen molar-refractivity contribution in [2.45, 2.75) is 0 Å². The van der Waals surface area contributed by atoms with Crippen LogP contribution in [0.25, 0.3) is 0 Å². The molecule has 0 amide bonds. The van der Waals surface area contributed by atoms with Gasteiger partial charge in [0.2, 0.25) is 0 Å². The molecule has 0 saturated carbocycles. The van der Waals surface area contributed by atoms with Crippen molar-refractivity contribution in [2.75, 3.05) is 0 Å². The molecule has 9 heteroatoms. The maximum absolute atomic E-state index is 10.8. The molecule has 0 aromatic heterocycles.